The Labute approximate surface area is 180 Å². The number of carbonyl (C=O) groups is 1. The zero-order valence-corrected chi connectivity index (χ0v) is 18.4. The first-order chi connectivity index (χ1) is 14.6. The monoisotopic (exact) mass is 430 g/mol. The Morgan fingerprint density at radius 2 is 1.93 bits per heavy atom. The smallest absolute Gasteiger partial charge is 0.290 e. The summed E-state index contributed by atoms with van der Waals surface area (Å²) < 4.78 is 21.9. The van der Waals surface area contributed by atoms with Crippen molar-refractivity contribution in [2.45, 2.75) is 39.5 Å². The van der Waals surface area contributed by atoms with E-state index in [-0.39, 0.29) is 18.6 Å². The van der Waals surface area contributed by atoms with Gasteiger partial charge < -0.3 is 23.5 Å². The molecule has 0 saturated carbocycles. The molecule has 0 N–H and O–H groups in total. The zero-order valence-electron chi connectivity index (χ0n) is 17.6. The molecule has 1 atom stereocenters. The minimum absolute atomic E-state index is 0.0573. The highest BCUT2D eigenvalue weighted by atomic mass is 32.1. The van der Waals surface area contributed by atoms with Gasteiger partial charge in [-0.25, -0.2) is 4.98 Å². The molecule has 2 aromatic heterocycles. The fourth-order valence-corrected chi connectivity index (χ4v) is 3.64. The van der Waals surface area contributed by atoms with Crippen molar-refractivity contribution in [1.29, 1.82) is 0 Å². The molecule has 1 unspecified atom stereocenters. The number of nitrogens with zero attached hydrogens (tertiary/aromatic N) is 2. The lowest BCUT2D eigenvalue weighted by Crippen LogP contribution is -2.37. The molecule has 3 rings (SSSR count). The third-order valence-electron chi connectivity index (χ3n) is 4.77. The molecule has 1 amide bonds. The molecule has 8 heteroatoms. The van der Waals surface area contributed by atoms with Crippen molar-refractivity contribution in [3.05, 3.63) is 58.4 Å². The van der Waals surface area contributed by atoms with Crippen molar-refractivity contribution in [3.63, 3.8) is 0 Å². The molecular formula is C22H26N2O5S. The van der Waals surface area contributed by atoms with E-state index in [1.54, 1.807) is 31.3 Å². The fourth-order valence-electron chi connectivity index (χ4n) is 2.95. The molecule has 0 spiro atoms. The lowest BCUT2D eigenvalue weighted by molar-refractivity contribution is 0.0636. The lowest BCUT2D eigenvalue weighted by Gasteiger charge is -2.27. The number of thiazole rings is 1. The van der Waals surface area contributed by atoms with Gasteiger partial charge in [-0.3, -0.25) is 4.79 Å². The summed E-state index contributed by atoms with van der Waals surface area (Å²) in [5.74, 6) is 1.92. The summed E-state index contributed by atoms with van der Waals surface area (Å²) in [6.07, 6.45) is 2.34. The van der Waals surface area contributed by atoms with Crippen molar-refractivity contribution in [3.8, 4) is 17.2 Å². The number of para-hydroxylation sites is 1. The maximum absolute atomic E-state index is 12.8. The van der Waals surface area contributed by atoms with Gasteiger partial charge in [-0.2, -0.15) is 0 Å². The highest BCUT2D eigenvalue weighted by Gasteiger charge is 2.24. The van der Waals surface area contributed by atoms with Crippen molar-refractivity contribution < 1.29 is 23.4 Å². The largest absolute Gasteiger partial charge is 0.493 e. The van der Waals surface area contributed by atoms with Crippen molar-refractivity contribution in [1.82, 2.24) is 9.88 Å². The van der Waals surface area contributed by atoms with Crippen LogP contribution >= 0.6 is 11.3 Å². The van der Waals surface area contributed by atoms with Gasteiger partial charge in [0.05, 0.1) is 32.7 Å². The predicted molar refractivity (Wildman–Crippen MR) is 114 cm³/mol. The molecule has 0 bridgehead atoms. The summed E-state index contributed by atoms with van der Waals surface area (Å²) in [7, 11) is 3.17. The molecule has 0 radical (unpaired) electrons. The van der Waals surface area contributed by atoms with Crippen LogP contribution in [0.1, 0.15) is 41.5 Å². The van der Waals surface area contributed by atoms with Gasteiger partial charge in [-0.15, -0.1) is 11.3 Å². The van der Waals surface area contributed by atoms with E-state index in [1.807, 2.05) is 37.4 Å². The molecule has 0 saturated heterocycles. The van der Waals surface area contributed by atoms with Gasteiger partial charge in [0.25, 0.3) is 5.91 Å². The molecule has 0 aliphatic heterocycles. The lowest BCUT2D eigenvalue weighted by atomic mass is 10.2. The van der Waals surface area contributed by atoms with Crippen molar-refractivity contribution >= 4 is 17.2 Å². The van der Waals surface area contributed by atoms with E-state index in [0.717, 1.165) is 17.1 Å². The third-order valence-corrected chi connectivity index (χ3v) is 5.64. The molecule has 7 nitrogen and oxygen atoms in total. The van der Waals surface area contributed by atoms with Crippen LogP contribution in [-0.2, 0) is 13.2 Å². The highest BCUT2D eigenvalue weighted by molar-refractivity contribution is 7.09. The second-order valence-corrected chi connectivity index (χ2v) is 7.62. The Morgan fingerprint density at radius 3 is 2.53 bits per heavy atom. The molecule has 0 fully saturated rings. The van der Waals surface area contributed by atoms with Crippen LogP contribution in [0.5, 0.6) is 17.2 Å². The van der Waals surface area contributed by atoms with E-state index in [2.05, 4.69) is 4.98 Å². The summed E-state index contributed by atoms with van der Waals surface area (Å²) in [5, 5.41) is 2.75. The van der Waals surface area contributed by atoms with Crippen molar-refractivity contribution in [2.75, 3.05) is 14.2 Å². The van der Waals surface area contributed by atoms with E-state index in [9.17, 15) is 4.79 Å². The number of benzene rings is 1. The molecular weight excluding hydrogens is 404 g/mol. The number of aromatic nitrogens is 1. The quantitative estimate of drug-likeness (QED) is 0.461. The number of hydrogen-bond donors (Lipinski definition) is 0. The van der Waals surface area contributed by atoms with Crippen LogP contribution in [0.2, 0.25) is 0 Å². The maximum atomic E-state index is 12.8. The normalized spacial score (nSPS) is 11.7. The second kappa shape index (κ2) is 10.2. The van der Waals surface area contributed by atoms with Crippen LogP contribution in [0.25, 0.3) is 0 Å². The standard InChI is InChI=1S/C22H26N2O5S/c1-5-15(2)24(22(25)19-10-7-11-28-19)12-16-14-30-20(23-16)13-29-21-17(26-3)8-6-9-18(21)27-4/h6-11,14-15H,5,12-13H2,1-4H3. The topological polar surface area (TPSA) is 74.0 Å². The van der Waals surface area contributed by atoms with E-state index in [1.165, 1.54) is 17.6 Å². The molecule has 3 aromatic rings. The molecule has 1 aromatic carbocycles. The number of ether oxygens (including phenoxy) is 3. The van der Waals surface area contributed by atoms with Crippen molar-refractivity contribution in [2.24, 2.45) is 0 Å². The summed E-state index contributed by atoms with van der Waals surface area (Å²) in [4.78, 5) is 19.2. The SMILES string of the molecule is CCC(C)N(Cc1csc(COc2c(OC)cccc2OC)n1)C(=O)c1ccco1. The van der Waals surface area contributed by atoms with E-state index in [0.29, 0.717) is 29.6 Å². The predicted octanol–water partition coefficient (Wildman–Crippen LogP) is 4.77. The molecule has 30 heavy (non-hydrogen) atoms. The Morgan fingerprint density at radius 1 is 1.20 bits per heavy atom. The van der Waals surface area contributed by atoms with Crippen LogP contribution in [-0.4, -0.2) is 36.1 Å². The van der Waals surface area contributed by atoms with Gasteiger partial charge in [0.2, 0.25) is 5.75 Å². The van der Waals surface area contributed by atoms with Crippen LogP contribution in [0.3, 0.4) is 0 Å². The fraction of sp³-hybridized carbons (Fsp3) is 0.364. The van der Waals surface area contributed by atoms with Crippen LogP contribution < -0.4 is 14.2 Å². The second-order valence-electron chi connectivity index (χ2n) is 6.68. The number of rotatable bonds is 10. The average Bonchev–Trinajstić information content (AvgIpc) is 3.47. The van der Waals surface area contributed by atoms with Gasteiger partial charge >= 0.3 is 0 Å². The van der Waals surface area contributed by atoms with Gasteiger partial charge in [0.1, 0.15) is 11.6 Å². The summed E-state index contributed by atoms with van der Waals surface area (Å²) >= 11 is 1.49. The Kier molecular flexibility index (Phi) is 7.35. The highest BCUT2D eigenvalue weighted by Crippen LogP contribution is 2.37. The van der Waals surface area contributed by atoms with E-state index < -0.39 is 0 Å². The third kappa shape index (κ3) is 4.94. The maximum Gasteiger partial charge on any atom is 0.290 e. The summed E-state index contributed by atoms with van der Waals surface area (Å²) in [6, 6.07) is 8.92. The van der Waals surface area contributed by atoms with E-state index in [4.69, 9.17) is 18.6 Å². The molecule has 0 aliphatic carbocycles. The van der Waals surface area contributed by atoms with Crippen LogP contribution in [0.15, 0.2) is 46.4 Å². The molecule has 160 valence electrons. The Hall–Kier alpha value is -3.00. The van der Waals surface area contributed by atoms with Gasteiger partial charge in [-0.1, -0.05) is 13.0 Å². The Bertz CT molecular complexity index is 932. The first kappa shape index (κ1) is 21.7. The Balaban J connectivity index is 1.70. The average molecular weight is 431 g/mol. The van der Waals surface area contributed by atoms with Crippen LogP contribution in [0, 0.1) is 0 Å². The zero-order chi connectivity index (χ0) is 21.5. The summed E-state index contributed by atoms with van der Waals surface area (Å²) in [6.45, 7) is 4.75. The van der Waals surface area contributed by atoms with Gasteiger partial charge in [0.15, 0.2) is 17.3 Å². The number of amides is 1. The number of carbonyl (C=O) groups excluding carboxylic acids is 1. The minimum Gasteiger partial charge on any atom is -0.493 e. The molecule has 0 aliphatic rings. The van der Waals surface area contributed by atoms with Gasteiger partial charge in [0, 0.05) is 11.4 Å². The van der Waals surface area contributed by atoms with Gasteiger partial charge in [-0.05, 0) is 37.6 Å². The minimum atomic E-state index is -0.140. The summed E-state index contributed by atoms with van der Waals surface area (Å²) in [5.41, 5.74) is 0.811. The first-order valence-corrected chi connectivity index (χ1v) is 10.6. The van der Waals surface area contributed by atoms with E-state index >= 15 is 0 Å². The first-order valence-electron chi connectivity index (χ1n) is 9.68. The molecule has 2 heterocycles. The number of furan rings is 1. The van der Waals surface area contributed by atoms with Crippen LogP contribution in [0.4, 0.5) is 0 Å². The number of methoxy groups -OCH3 is 2. The number of hydrogen-bond acceptors (Lipinski definition) is 7.